The number of esters is 1. The van der Waals surface area contributed by atoms with E-state index in [1.165, 1.54) is 0 Å². The molecule has 0 fully saturated rings. The number of alkyl halides is 2. The molecular weight excluding hydrogens is 276 g/mol. The molecule has 0 aromatic heterocycles. The molecule has 0 spiro atoms. The molecule has 0 N–H and O–H groups in total. The zero-order valence-corrected chi connectivity index (χ0v) is 9.81. The number of ether oxygens (including phenoxy) is 1. The SMILES string of the molecule is CC(C)COC(=O)C(Br)CBr. The summed E-state index contributed by atoms with van der Waals surface area (Å²) in [6, 6.07) is 0. The minimum absolute atomic E-state index is 0.199. The van der Waals surface area contributed by atoms with Crippen molar-refractivity contribution in [3.63, 3.8) is 0 Å². The normalized spacial score (nSPS) is 13.2. The Morgan fingerprint density at radius 2 is 2.09 bits per heavy atom. The van der Waals surface area contributed by atoms with E-state index in [0.717, 1.165) is 0 Å². The van der Waals surface area contributed by atoms with E-state index in [9.17, 15) is 4.79 Å². The summed E-state index contributed by atoms with van der Waals surface area (Å²) in [5, 5.41) is 0.587. The van der Waals surface area contributed by atoms with Gasteiger partial charge in [-0.2, -0.15) is 0 Å². The molecule has 0 rings (SSSR count). The Labute approximate surface area is 83.9 Å². The molecule has 0 radical (unpaired) electrons. The van der Waals surface area contributed by atoms with Gasteiger partial charge >= 0.3 is 5.97 Å². The van der Waals surface area contributed by atoms with Gasteiger partial charge < -0.3 is 4.74 Å². The van der Waals surface area contributed by atoms with Gasteiger partial charge in [0.25, 0.3) is 0 Å². The molecule has 0 saturated heterocycles. The summed E-state index contributed by atoms with van der Waals surface area (Å²) in [4.78, 5) is 10.8. The first-order valence-electron chi connectivity index (χ1n) is 3.44. The predicted molar refractivity (Wildman–Crippen MR) is 52.3 cm³/mol. The molecule has 0 aliphatic rings. The van der Waals surface area contributed by atoms with Gasteiger partial charge in [0.2, 0.25) is 0 Å². The number of hydrogen-bond donors (Lipinski definition) is 0. The summed E-state index contributed by atoms with van der Waals surface area (Å²) in [6.45, 7) is 4.50. The van der Waals surface area contributed by atoms with Crippen LogP contribution in [0.1, 0.15) is 13.8 Å². The molecule has 0 aromatic rings. The fourth-order valence-electron chi connectivity index (χ4n) is 0.402. The summed E-state index contributed by atoms with van der Waals surface area (Å²) in [6.07, 6.45) is 0. The molecule has 0 amide bonds. The van der Waals surface area contributed by atoms with E-state index in [1.807, 2.05) is 13.8 Å². The second-order valence-corrected chi connectivity index (χ2v) is 4.40. The van der Waals surface area contributed by atoms with E-state index >= 15 is 0 Å². The monoisotopic (exact) mass is 286 g/mol. The van der Waals surface area contributed by atoms with E-state index in [4.69, 9.17) is 4.74 Å². The maximum Gasteiger partial charge on any atom is 0.320 e. The summed E-state index contributed by atoms with van der Waals surface area (Å²) in [5.74, 6) is 0.199. The van der Waals surface area contributed by atoms with Crippen LogP contribution >= 0.6 is 31.9 Å². The molecule has 0 aliphatic heterocycles. The highest BCUT2D eigenvalue weighted by molar-refractivity contribution is 9.12. The minimum Gasteiger partial charge on any atom is -0.465 e. The van der Waals surface area contributed by atoms with Crippen molar-refractivity contribution >= 4 is 37.8 Å². The Bertz CT molecular complexity index is 126. The summed E-state index contributed by atoms with van der Waals surface area (Å²) >= 11 is 6.35. The first-order valence-corrected chi connectivity index (χ1v) is 5.48. The molecule has 4 heteroatoms. The molecule has 11 heavy (non-hydrogen) atoms. The van der Waals surface area contributed by atoms with Gasteiger partial charge in [-0.3, -0.25) is 4.79 Å². The van der Waals surface area contributed by atoms with Crippen LogP contribution in [0.5, 0.6) is 0 Å². The molecule has 66 valence electrons. The van der Waals surface area contributed by atoms with Crippen molar-refractivity contribution in [3.8, 4) is 0 Å². The summed E-state index contributed by atoms with van der Waals surface area (Å²) in [5.41, 5.74) is 0. The van der Waals surface area contributed by atoms with Gasteiger partial charge in [-0.15, -0.1) is 0 Å². The van der Waals surface area contributed by atoms with Crippen molar-refractivity contribution in [2.24, 2.45) is 5.92 Å². The molecule has 0 saturated carbocycles. The highest BCUT2D eigenvalue weighted by atomic mass is 79.9. The van der Waals surface area contributed by atoms with Crippen LogP contribution in [0, 0.1) is 5.92 Å². The third-order valence-corrected chi connectivity index (χ3v) is 3.16. The van der Waals surface area contributed by atoms with E-state index in [-0.39, 0.29) is 10.8 Å². The third kappa shape index (κ3) is 5.67. The largest absolute Gasteiger partial charge is 0.465 e. The van der Waals surface area contributed by atoms with Crippen LogP contribution < -0.4 is 0 Å². The summed E-state index contributed by atoms with van der Waals surface area (Å²) < 4.78 is 4.94. The smallest absolute Gasteiger partial charge is 0.320 e. The number of hydrogen-bond acceptors (Lipinski definition) is 2. The average molecular weight is 288 g/mol. The van der Waals surface area contributed by atoms with Crippen molar-refractivity contribution in [2.45, 2.75) is 18.7 Å². The molecule has 1 unspecified atom stereocenters. The van der Waals surface area contributed by atoms with E-state index < -0.39 is 0 Å². The fourth-order valence-corrected chi connectivity index (χ4v) is 0.799. The third-order valence-electron chi connectivity index (χ3n) is 0.950. The Morgan fingerprint density at radius 3 is 2.45 bits per heavy atom. The second-order valence-electron chi connectivity index (χ2n) is 2.65. The Morgan fingerprint density at radius 1 is 1.55 bits per heavy atom. The van der Waals surface area contributed by atoms with Crippen molar-refractivity contribution in [1.82, 2.24) is 0 Å². The average Bonchev–Trinajstić information content (AvgIpc) is 1.98. The Balaban J connectivity index is 3.52. The van der Waals surface area contributed by atoms with Crippen molar-refractivity contribution in [1.29, 1.82) is 0 Å². The van der Waals surface area contributed by atoms with Gasteiger partial charge in [-0.25, -0.2) is 0 Å². The molecule has 0 aromatic carbocycles. The highest BCUT2D eigenvalue weighted by Crippen LogP contribution is 2.06. The Hall–Kier alpha value is 0.430. The van der Waals surface area contributed by atoms with Crippen LogP contribution in [-0.2, 0) is 9.53 Å². The summed E-state index contributed by atoms with van der Waals surface area (Å²) in [7, 11) is 0. The lowest BCUT2D eigenvalue weighted by atomic mass is 10.2. The van der Waals surface area contributed by atoms with Crippen molar-refractivity contribution < 1.29 is 9.53 Å². The quantitative estimate of drug-likeness (QED) is 0.586. The van der Waals surface area contributed by atoms with E-state index in [2.05, 4.69) is 31.9 Å². The lowest BCUT2D eigenvalue weighted by Crippen LogP contribution is -2.20. The van der Waals surface area contributed by atoms with Gasteiger partial charge in [0, 0.05) is 5.33 Å². The molecule has 0 aliphatic carbocycles. The maximum absolute atomic E-state index is 11.0. The van der Waals surface area contributed by atoms with Gasteiger partial charge in [0.05, 0.1) is 6.61 Å². The lowest BCUT2D eigenvalue weighted by molar-refractivity contribution is -0.143. The highest BCUT2D eigenvalue weighted by Gasteiger charge is 2.14. The lowest BCUT2D eigenvalue weighted by Gasteiger charge is -2.08. The van der Waals surface area contributed by atoms with Crippen LogP contribution in [0.4, 0.5) is 0 Å². The molecule has 1 atom stereocenters. The van der Waals surface area contributed by atoms with Gasteiger partial charge in [-0.1, -0.05) is 45.7 Å². The number of carbonyl (C=O) groups excluding carboxylic acids is 1. The Kier molecular flexibility index (Phi) is 6.24. The molecular formula is C7H12Br2O2. The van der Waals surface area contributed by atoms with Crippen LogP contribution in [0.25, 0.3) is 0 Å². The second kappa shape index (κ2) is 6.00. The topological polar surface area (TPSA) is 26.3 Å². The van der Waals surface area contributed by atoms with Crippen molar-refractivity contribution in [3.05, 3.63) is 0 Å². The zero-order valence-electron chi connectivity index (χ0n) is 6.64. The van der Waals surface area contributed by atoms with Crippen LogP contribution in [0.15, 0.2) is 0 Å². The molecule has 0 heterocycles. The van der Waals surface area contributed by atoms with Crippen LogP contribution in [-0.4, -0.2) is 22.7 Å². The standard InChI is InChI=1S/C7H12Br2O2/c1-5(2)4-11-7(10)6(9)3-8/h5-6H,3-4H2,1-2H3. The van der Waals surface area contributed by atoms with Gasteiger partial charge in [0.1, 0.15) is 4.83 Å². The minimum atomic E-state index is -0.221. The first-order chi connectivity index (χ1) is 5.07. The number of carbonyl (C=O) groups is 1. The first kappa shape index (κ1) is 11.4. The molecule has 2 nitrogen and oxygen atoms in total. The predicted octanol–water partition coefficient (Wildman–Crippen LogP) is 2.34. The van der Waals surface area contributed by atoms with Crippen LogP contribution in [0.3, 0.4) is 0 Å². The molecule has 0 bridgehead atoms. The van der Waals surface area contributed by atoms with Gasteiger partial charge in [-0.05, 0) is 5.92 Å². The van der Waals surface area contributed by atoms with E-state index in [1.54, 1.807) is 0 Å². The fraction of sp³-hybridized carbons (Fsp3) is 0.857. The number of halogens is 2. The number of rotatable bonds is 4. The maximum atomic E-state index is 11.0. The van der Waals surface area contributed by atoms with Crippen LogP contribution in [0.2, 0.25) is 0 Å². The van der Waals surface area contributed by atoms with Crippen molar-refractivity contribution in [2.75, 3.05) is 11.9 Å². The zero-order chi connectivity index (χ0) is 8.85. The van der Waals surface area contributed by atoms with E-state index in [0.29, 0.717) is 17.9 Å². The van der Waals surface area contributed by atoms with Gasteiger partial charge in [0.15, 0.2) is 0 Å².